The average molecular weight is 315 g/mol. The van der Waals surface area contributed by atoms with Crippen LogP contribution in [0.4, 0.5) is 5.69 Å². The fraction of sp³-hybridized carbons (Fsp3) is 0.200. The minimum absolute atomic E-state index is 0.0183. The Bertz CT molecular complexity index is 576. The number of aryl methyl sites for hydroxylation is 1. The predicted octanol–water partition coefficient (Wildman–Crippen LogP) is 6.13. The minimum atomic E-state index is 0.0183. The summed E-state index contributed by atoms with van der Waals surface area (Å²) in [6, 6.07) is 11.3. The molecule has 1 unspecified atom stereocenters. The van der Waals surface area contributed by atoms with E-state index in [2.05, 4.69) is 5.32 Å². The zero-order valence-corrected chi connectivity index (χ0v) is 12.9. The normalized spacial score (nSPS) is 12.3. The summed E-state index contributed by atoms with van der Waals surface area (Å²) in [6.07, 6.45) is 0. The molecule has 0 heterocycles. The molecule has 0 aromatic heterocycles. The lowest BCUT2D eigenvalue weighted by molar-refractivity contribution is 0.883. The Hall–Kier alpha value is -0.890. The number of hydrogen-bond acceptors (Lipinski definition) is 1. The highest BCUT2D eigenvalue weighted by molar-refractivity contribution is 6.34. The molecule has 0 aliphatic rings. The molecule has 0 amide bonds. The van der Waals surface area contributed by atoms with Crippen LogP contribution in [0.1, 0.15) is 24.1 Å². The van der Waals surface area contributed by atoms with Crippen molar-refractivity contribution in [2.75, 3.05) is 5.32 Å². The van der Waals surface area contributed by atoms with Crippen LogP contribution in [0.3, 0.4) is 0 Å². The highest BCUT2D eigenvalue weighted by atomic mass is 35.5. The Balaban J connectivity index is 2.31. The van der Waals surface area contributed by atoms with Crippen molar-refractivity contribution in [3.8, 4) is 0 Å². The van der Waals surface area contributed by atoms with Gasteiger partial charge in [0.1, 0.15) is 0 Å². The molecule has 2 aromatic rings. The number of anilines is 1. The van der Waals surface area contributed by atoms with E-state index >= 15 is 0 Å². The Morgan fingerprint density at radius 2 is 1.74 bits per heavy atom. The molecule has 1 atom stereocenters. The average Bonchev–Trinajstić information content (AvgIpc) is 2.37. The second-order valence-corrected chi connectivity index (χ2v) is 5.71. The van der Waals surface area contributed by atoms with Gasteiger partial charge in [0.15, 0.2) is 0 Å². The Kier molecular flexibility index (Phi) is 4.62. The van der Waals surface area contributed by atoms with Crippen LogP contribution in [0, 0.1) is 6.92 Å². The second kappa shape index (κ2) is 6.04. The third-order valence-corrected chi connectivity index (χ3v) is 3.90. The number of nitrogens with one attached hydrogen (secondary N) is 1. The zero-order chi connectivity index (χ0) is 14.0. The summed E-state index contributed by atoms with van der Waals surface area (Å²) in [6.45, 7) is 4.04. The Morgan fingerprint density at radius 1 is 1.00 bits per heavy atom. The molecule has 0 radical (unpaired) electrons. The number of para-hydroxylation sites is 1. The molecule has 2 rings (SSSR count). The quantitative estimate of drug-likeness (QED) is 0.718. The van der Waals surface area contributed by atoms with Crippen LogP contribution in [0.25, 0.3) is 0 Å². The summed E-state index contributed by atoms with van der Waals surface area (Å²) in [7, 11) is 0. The molecular formula is C15H14Cl3N. The Morgan fingerprint density at radius 3 is 2.42 bits per heavy atom. The maximum Gasteiger partial charge on any atom is 0.0640 e. The van der Waals surface area contributed by atoms with Crippen molar-refractivity contribution >= 4 is 40.5 Å². The molecule has 0 saturated carbocycles. The van der Waals surface area contributed by atoms with Gasteiger partial charge in [0.25, 0.3) is 0 Å². The zero-order valence-electron chi connectivity index (χ0n) is 10.7. The third kappa shape index (κ3) is 3.36. The van der Waals surface area contributed by atoms with Crippen LogP contribution in [-0.2, 0) is 0 Å². The van der Waals surface area contributed by atoms with E-state index in [0.29, 0.717) is 15.1 Å². The highest BCUT2D eigenvalue weighted by Gasteiger charge is 2.13. The minimum Gasteiger partial charge on any atom is -0.377 e. The molecule has 19 heavy (non-hydrogen) atoms. The molecule has 2 aromatic carbocycles. The van der Waals surface area contributed by atoms with Crippen LogP contribution in [0.15, 0.2) is 36.4 Å². The molecule has 0 fully saturated rings. The predicted molar refractivity (Wildman–Crippen MR) is 84.7 cm³/mol. The summed E-state index contributed by atoms with van der Waals surface area (Å²) in [5.41, 5.74) is 2.97. The number of halogens is 3. The first-order valence-corrected chi connectivity index (χ1v) is 7.09. The number of hydrogen-bond donors (Lipinski definition) is 1. The fourth-order valence-electron chi connectivity index (χ4n) is 1.96. The van der Waals surface area contributed by atoms with E-state index in [1.807, 2.05) is 38.1 Å². The number of rotatable bonds is 3. The highest BCUT2D eigenvalue weighted by Crippen LogP contribution is 2.32. The first-order chi connectivity index (χ1) is 8.99. The van der Waals surface area contributed by atoms with E-state index in [1.54, 1.807) is 12.1 Å². The Labute approximate surface area is 128 Å². The van der Waals surface area contributed by atoms with Gasteiger partial charge in [0, 0.05) is 10.0 Å². The summed E-state index contributed by atoms with van der Waals surface area (Å²) in [5.74, 6) is 0. The lowest BCUT2D eigenvalue weighted by Gasteiger charge is -2.19. The second-order valence-electron chi connectivity index (χ2n) is 4.46. The van der Waals surface area contributed by atoms with Gasteiger partial charge in [-0.05, 0) is 49.2 Å². The first kappa shape index (κ1) is 14.5. The van der Waals surface area contributed by atoms with Gasteiger partial charge in [-0.25, -0.2) is 0 Å². The largest absolute Gasteiger partial charge is 0.377 e. The summed E-state index contributed by atoms with van der Waals surface area (Å²) in [4.78, 5) is 0. The molecule has 100 valence electrons. The summed E-state index contributed by atoms with van der Waals surface area (Å²) in [5, 5.41) is 5.45. The maximum absolute atomic E-state index is 6.21. The SMILES string of the molecule is Cc1cccc(Cl)c1NC(C)c1cc(Cl)ccc1Cl. The molecule has 0 spiro atoms. The van der Waals surface area contributed by atoms with Gasteiger partial charge >= 0.3 is 0 Å². The monoisotopic (exact) mass is 313 g/mol. The molecule has 4 heteroatoms. The van der Waals surface area contributed by atoms with Crippen molar-refractivity contribution in [3.63, 3.8) is 0 Å². The van der Waals surface area contributed by atoms with Gasteiger partial charge in [-0.1, -0.05) is 46.9 Å². The molecule has 0 saturated heterocycles. The van der Waals surface area contributed by atoms with Crippen LogP contribution in [0.2, 0.25) is 15.1 Å². The summed E-state index contributed by atoms with van der Waals surface area (Å²) < 4.78 is 0. The van der Waals surface area contributed by atoms with Gasteiger partial charge in [-0.3, -0.25) is 0 Å². The molecule has 1 N–H and O–H groups in total. The van der Waals surface area contributed by atoms with Crippen molar-refractivity contribution in [3.05, 3.63) is 62.6 Å². The van der Waals surface area contributed by atoms with E-state index < -0.39 is 0 Å². The van der Waals surface area contributed by atoms with E-state index in [-0.39, 0.29) is 6.04 Å². The van der Waals surface area contributed by atoms with E-state index in [9.17, 15) is 0 Å². The van der Waals surface area contributed by atoms with Crippen LogP contribution in [-0.4, -0.2) is 0 Å². The van der Waals surface area contributed by atoms with E-state index in [4.69, 9.17) is 34.8 Å². The van der Waals surface area contributed by atoms with Crippen molar-refractivity contribution in [1.29, 1.82) is 0 Å². The van der Waals surface area contributed by atoms with E-state index in [1.165, 1.54) is 0 Å². The lowest BCUT2D eigenvalue weighted by atomic mass is 10.1. The van der Waals surface area contributed by atoms with Gasteiger partial charge < -0.3 is 5.32 Å². The first-order valence-electron chi connectivity index (χ1n) is 5.95. The number of benzene rings is 2. The molecule has 0 bridgehead atoms. The van der Waals surface area contributed by atoms with Crippen LogP contribution < -0.4 is 5.32 Å². The van der Waals surface area contributed by atoms with Gasteiger partial charge in [-0.2, -0.15) is 0 Å². The van der Waals surface area contributed by atoms with Gasteiger partial charge in [-0.15, -0.1) is 0 Å². The van der Waals surface area contributed by atoms with Crippen molar-refractivity contribution in [1.82, 2.24) is 0 Å². The van der Waals surface area contributed by atoms with Crippen LogP contribution >= 0.6 is 34.8 Å². The van der Waals surface area contributed by atoms with Gasteiger partial charge in [0.05, 0.1) is 16.8 Å². The maximum atomic E-state index is 6.21. The fourth-order valence-corrected chi connectivity index (χ4v) is 2.69. The smallest absolute Gasteiger partial charge is 0.0640 e. The molecule has 1 nitrogen and oxygen atoms in total. The molecular weight excluding hydrogens is 301 g/mol. The molecule has 0 aliphatic heterocycles. The van der Waals surface area contributed by atoms with Crippen LogP contribution in [0.5, 0.6) is 0 Å². The van der Waals surface area contributed by atoms with E-state index in [0.717, 1.165) is 16.8 Å². The summed E-state index contributed by atoms with van der Waals surface area (Å²) >= 11 is 18.4. The third-order valence-electron chi connectivity index (χ3n) is 3.01. The van der Waals surface area contributed by atoms with Crippen molar-refractivity contribution < 1.29 is 0 Å². The van der Waals surface area contributed by atoms with Crippen molar-refractivity contribution in [2.45, 2.75) is 19.9 Å². The lowest BCUT2D eigenvalue weighted by Crippen LogP contribution is -2.08. The van der Waals surface area contributed by atoms with Gasteiger partial charge in [0.2, 0.25) is 0 Å². The topological polar surface area (TPSA) is 12.0 Å². The van der Waals surface area contributed by atoms with Crippen molar-refractivity contribution in [2.24, 2.45) is 0 Å². The molecule has 0 aliphatic carbocycles. The standard InChI is InChI=1S/C15H14Cl3N/c1-9-4-3-5-14(18)15(9)19-10(2)12-8-11(16)6-7-13(12)17/h3-8,10,19H,1-2H3.